The third kappa shape index (κ3) is 5.00. The first-order chi connectivity index (χ1) is 12.6. The summed E-state index contributed by atoms with van der Waals surface area (Å²) in [5.74, 6) is -0.665. The number of nitrogens with zero attached hydrogens (tertiary/aromatic N) is 2. The lowest BCUT2D eigenvalue weighted by Gasteiger charge is -2.32. The van der Waals surface area contributed by atoms with Crippen LogP contribution in [0.3, 0.4) is 0 Å². The van der Waals surface area contributed by atoms with Crippen molar-refractivity contribution in [2.75, 3.05) is 6.61 Å². The van der Waals surface area contributed by atoms with Crippen LogP contribution in [-0.4, -0.2) is 40.2 Å². The van der Waals surface area contributed by atoms with E-state index in [-0.39, 0.29) is 10.7 Å². The third-order valence-corrected chi connectivity index (χ3v) is 4.36. The minimum absolute atomic E-state index is 0.136. The van der Waals surface area contributed by atoms with Gasteiger partial charge in [-0.1, -0.05) is 25.8 Å². The van der Waals surface area contributed by atoms with E-state index in [4.69, 9.17) is 4.74 Å². The Balaban J connectivity index is 2.13. The number of hydrazone groups is 1. The first kappa shape index (κ1) is 21.2. The molecule has 0 spiro atoms. The number of unbranched alkanes of at least 4 members (excludes halogenated alkanes) is 2. The first-order valence-corrected chi connectivity index (χ1v) is 8.96. The highest BCUT2D eigenvalue weighted by atomic mass is 19.4. The predicted octanol–water partition coefficient (Wildman–Crippen LogP) is 4.10. The number of benzene rings is 1. The third-order valence-electron chi connectivity index (χ3n) is 4.36. The maximum atomic E-state index is 13.4. The van der Waals surface area contributed by atoms with E-state index < -0.39 is 30.8 Å². The second-order valence-corrected chi connectivity index (χ2v) is 6.93. The summed E-state index contributed by atoms with van der Waals surface area (Å²) >= 11 is 0. The van der Waals surface area contributed by atoms with Gasteiger partial charge in [-0.3, -0.25) is 4.79 Å². The number of aryl methyl sites for hydroxylation is 2. The molecular formula is C19H25F3N2O3. The van der Waals surface area contributed by atoms with Crippen LogP contribution >= 0.6 is 0 Å². The Kier molecular flexibility index (Phi) is 6.51. The van der Waals surface area contributed by atoms with Crippen molar-refractivity contribution in [2.45, 2.75) is 64.8 Å². The van der Waals surface area contributed by atoms with Crippen LogP contribution in [0.5, 0.6) is 5.75 Å². The fraction of sp³-hybridized carbons (Fsp3) is 0.579. The molecule has 0 saturated heterocycles. The van der Waals surface area contributed by atoms with Crippen molar-refractivity contribution in [1.29, 1.82) is 0 Å². The SMILES string of the molecule is CCCCCC1=NN(C(=O)COc2cc(C)cc(C)c2)[C@](O)(C(F)(F)F)C1. The minimum atomic E-state index is -5.02. The standard InChI is InChI=1S/C19H25F3N2O3/c1-4-5-6-7-15-11-18(26,19(20,21)22)24(23-15)17(25)12-27-16-9-13(2)8-14(3)10-16/h8-10,26H,4-7,11-12H2,1-3H3/t18-/m1/s1. The van der Waals surface area contributed by atoms with Gasteiger partial charge in [0.25, 0.3) is 11.6 Å². The largest absolute Gasteiger partial charge is 0.484 e. The molecule has 2 rings (SSSR count). The van der Waals surface area contributed by atoms with Gasteiger partial charge in [0, 0.05) is 12.1 Å². The lowest BCUT2D eigenvalue weighted by atomic mass is 10.0. The number of alkyl halides is 3. The van der Waals surface area contributed by atoms with Crippen molar-refractivity contribution in [3.05, 3.63) is 29.3 Å². The van der Waals surface area contributed by atoms with Gasteiger partial charge in [-0.25, -0.2) is 0 Å². The lowest BCUT2D eigenvalue weighted by molar-refractivity contribution is -0.302. The van der Waals surface area contributed by atoms with E-state index in [1.165, 1.54) is 0 Å². The van der Waals surface area contributed by atoms with Gasteiger partial charge in [0.15, 0.2) is 6.61 Å². The number of carbonyl (C=O) groups is 1. The average molecular weight is 386 g/mol. The van der Waals surface area contributed by atoms with Gasteiger partial charge in [0.2, 0.25) is 0 Å². The van der Waals surface area contributed by atoms with Gasteiger partial charge in [-0.2, -0.15) is 23.3 Å². The monoisotopic (exact) mass is 386 g/mol. The summed E-state index contributed by atoms with van der Waals surface area (Å²) < 4.78 is 45.6. The smallest absolute Gasteiger partial charge is 0.438 e. The molecule has 1 heterocycles. The Labute approximate surface area is 156 Å². The maximum Gasteiger partial charge on any atom is 0.438 e. The van der Waals surface area contributed by atoms with Crippen molar-refractivity contribution in [2.24, 2.45) is 5.10 Å². The Bertz CT molecular complexity index is 698. The molecular weight excluding hydrogens is 361 g/mol. The highest BCUT2D eigenvalue weighted by molar-refractivity contribution is 5.91. The van der Waals surface area contributed by atoms with Crippen LogP contribution in [0.1, 0.15) is 50.2 Å². The van der Waals surface area contributed by atoms with Crippen molar-refractivity contribution in [1.82, 2.24) is 5.01 Å². The molecule has 0 saturated carbocycles. The van der Waals surface area contributed by atoms with Gasteiger partial charge in [-0.15, -0.1) is 0 Å². The fourth-order valence-corrected chi connectivity index (χ4v) is 3.04. The number of aliphatic hydroxyl groups is 1. The molecule has 1 aliphatic heterocycles. The molecule has 1 aromatic carbocycles. The van der Waals surface area contributed by atoms with E-state index in [9.17, 15) is 23.1 Å². The molecule has 1 amide bonds. The highest BCUT2D eigenvalue weighted by Gasteiger charge is 2.63. The lowest BCUT2D eigenvalue weighted by Crippen LogP contribution is -2.57. The predicted molar refractivity (Wildman–Crippen MR) is 95.5 cm³/mol. The molecule has 0 aromatic heterocycles. The molecule has 5 nitrogen and oxygen atoms in total. The topological polar surface area (TPSA) is 62.1 Å². The summed E-state index contributed by atoms with van der Waals surface area (Å²) in [6, 6.07) is 5.27. The molecule has 150 valence electrons. The highest BCUT2D eigenvalue weighted by Crippen LogP contribution is 2.41. The molecule has 1 atom stereocenters. The number of rotatable bonds is 7. The van der Waals surface area contributed by atoms with Crippen molar-refractivity contribution in [3.8, 4) is 5.75 Å². The van der Waals surface area contributed by atoms with Gasteiger partial charge in [0.05, 0.1) is 0 Å². The van der Waals surface area contributed by atoms with E-state index in [0.29, 0.717) is 18.6 Å². The summed E-state index contributed by atoms with van der Waals surface area (Å²) in [5.41, 5.74) is -1.34. The van der Waals surface area contributed by atoms with Crippen LogP contribution < -0.4 is 4.74 Å². The molecule has 1 aliphatic rings. The number of amides is 1. The molecule has 0 unspecified atom stereocenters. The second kappa shape index (κ2) is 8.29. The summed E-state index contributed by atoms with van der Waals surface area (Å²) in [6.45, 7) is 5.02. The Morgan fingerprint density at radius 3 is 2.44 bits per heavy atom. The van der Waals surface area contributed by atoms with Crippen LogP contribution in [-0.2, 0) is 4.79 Å². The number of ether oxygens (including phenoxy) is 1. The van der Waals surface area contributed by atoms with Gasteiger partial charge in [-0.05, 0) is 49.9 Å². The number of halogens is 3. The quantitative estimate of drug-likeness (QED) is 0.718. The minimum Gasteiger partial charge on any atom is -0.484 e. The molecule has 0 bridgehead atoms. The summed E-state index contributed by atoms with van der Waals surface area (Å²) in [5, 5.41) is 14.1. The maximum absolute atomic E-state index is 13.4. The van der Waals surface area contributed by atoms with Gasteiger partial charge < -0.3 is 9.84 Å². The van der Waals surface area contributed by atoms with Crippen molar-refractivity contribution < 1.29 is 27.8 Å². The van der Waals surface area contributed by atoms with Gasteiger partial charge in [0.1, 0.15) is 5.75 Å². The van der Waals surface area contributed by atoms with Crippen LogP contribution in [0, 0.1) is 13.8 Å². The van der Waals surface area contributed by atoms with Crippen LogP contribution in [0.15, 0.2) is 23.3 Å². The zero-order chi connectivity index (χ0) is 20.2. The van der Waals surface area contributed by atoms with Crippen LogP contribution in [0.4, 0.5) is 13.2 Å². The first-order valence-electron chi connectivity index (χ1n) is 8.96. The molecule has 1 aromatic rings. The average Bonchev–Trinajstić information content (AvgIpc) is 2.90. The molecule has 1 N–H and O–H groups in total. The molecule has 27 heavy (non-hydrogen) atoms. The number of hydrogen-bond acceptors (Lipinski definition) is 4. The van der Waals surface area contributed by atoms with E-state index in [2.05, 4.69) is 5.10 Å². The van der Waals surface area contributed by atoms with Crippen molar-refractivity contribution >= 4 is 11.6 Å². The van der Waals surface area contributed by atoms with E-state index in [0.717, 1.165) is 24.0 Å². The van der Waals surface area contributed by atoms with Crippen molar-refractivity contribution in [3.63, 3.8) is 0 Å². The van der Waals surface area contributed by atoms with E-state index in [1.54, 1.807) is 12.1 Å². The zero-order valence-electron chi connectivity index (χ0n) is 15.8. The van der Waals surface area contributed by atoms with Crippen LogP contribution in [0.25, 0.3) is 0 Å². The zero-order valence-corrected chi connectivity index (χ0v) is 15.8. The number of carbonyl (C=O) groups excluding carboxylic acids is 1. The Morgan fingerprint density at radius 1 is 1.26 bits per heavy atom. The molecule has 0 aliphatic carbocycles. The normalized spacial score (nSPS) is 20.0. The Hall–Kier alpha value is -2.09. The number of hydrogen-bond donors (Lipinski definition) is 1. The molecule has 8 heteroatoms. The Morgan fingerprint density at radius 2 is 1.89 bits per heavy atom. The van der Waals surface area contributed by atoms with Gasteiger partial charge >= 0.3 is 6.18 Å². The molecule has 0 fully saturated rings. The summed E-state index contributed by atoms with van der Waals surface area (Å²) in [7, 11) is 0. The van der Waals surface area contributed by atoms with Crippen LogP contribution in [0.2, 0.25) is 0 Å². The fourth-order valence-electron chi connectivity index (χ4n) is 3.04. The van der Waals surface area contributed by atoms with E-state index >= 15 is 0 Å². The summed E-state index contributed by atoms with van der Waals surface area (Å²) in [4.78, 5) is 12.4. The second-order valence-electron chi connectivity index (χ2n) is 6.93. The summed E-state index contributed by atoms with van der Waals surface area (Å²) in [6.07, 6.45) is -3.02. The molecule has 0 radical (unpaired) electrons. The van der Waals surface area contributed by atoms with E-state index in [1.807, 2.05) is 26.8 Å².